The number of rotatable bonds is 7. The Balaban J connectivity index is 0.00000312. The monoisotopic (exact) mass is 368 g/mol. The molecular weight excluding hydrogens is 344 g/mol. The first-order valence-corrected chi connectivity index (χ1v) is 7.69. The Bertz CT molecular complexity index is 713. The molecule has 2 aromatic rings. The fourth-order valence-corrected chi connectivity index (χ4v) is 2.37. The maximum atomic E-state index is 12.2. The van der Waals surface area contributed by atoms with Crippen LogP contribution in [0.5, 0.6) is 11.5 Å². The van der Waals surface area contributed by atoms with E-state index in [1.165, 1.54) is 6.26 Å². The van der Waals surface area contributed by atoms with Crippen molar-refractivity contribution in [3.63, 3.8) is 0 Å². The smallest absolute Gasteiger partial charge is 0.254 e. The number of hydrogen-bond donors (Lipinski definition) is 2. The van der Waals surface area contributed by atoms with E-state index in [2.05, 4.69) is 19.2 Å². The van der Waals surface area contributed by atoms with E-state index >= 15 is 0 Å². The van der Waals surface area contributed by atoms with Gasteiger partial charge >= 0.3 is 0 Å². The van der Waals surface area contributed by atoms with Crippen LogP contribution in [0.15, 0.2) is 34.9 Å². The van der Waals surface area contributed by atoms with E-state index in [0.29, 0.717) is 29.4 Å². The van der Waals surface area contributed by atoms with Crippen LogP contribution >= 0.6 is 12.4 Å². The van der Waals surface area contributed by atoms with E-state index in [4.69, 9.17) is 19.6 Å². The zero-order valence-corrected chi connectivity index (χ0v) is 15.7. The molecule has 7 heteroatoms. The van der Waals surface area contributed by atoms with Crippen LogP contribution in [0, 0.1) is 0 Å². The molecule has 0 aliphatic rings. The van der Waals surface area contributed by atoms with Gasteiger partial charge in [-0.2, -0.15) is 0 Å². The topological polar surface area (TPSA) is 86.7 Å². The van der Waals surface area contributed by atoms with Crippen molar-refractivity contribution < 1.29 is 18.7 Å². The number of carbonyl (C=O) groups is 1. The molecule has 0 bridgehead atoms. The molecule has 0 atom stereocenters. The maximum Gasteiger partial charge on any atom is 0.254 e. The van der Waals surface area contributed by atoms with E-state index in [0.717, 1.165) is 5.56 Å². The van der Waals surface area contributed by atoms with Gasteiger partial charge < -0.3 is 24.9 Å². The number of benzene rings is 1. The predicted molar refractivity (Wildman–Crippen MR) is 98.8 cm³/mol. The van der Waals surface area contributed by atoms with Crippen LogP contribution in [0.4, 0.5) is 0 Å². The summed E-state index contributed by atoms with van der Waals surface area (Å²) in [4.78, 5) is 12.2. The molecule has 2 rings (SSSR count). The molecule has 0 saturated carbocycles. The highest BCUT2D eigenvalue weighted by Gasteiger charge is 2.23. The van der Waals surface area contributed by atoms with Crippen LogP contribution in [-0.4, -0.2) is 26.7 Å². The Kier molecular flexibility index (Phi) is 7.33. The van der Waals surface area contributed by atoms with Gasteiger partial charge in [-0.05, 0) is 23.8 Å². The molecule has 1 heterocycles. The highest BCUT2D eigenvalue weighted by Crippen LogP contribution is 2.32. The summed E-state index contributed by atoms with van der Waals surface area (Å²) < 4.78 is 15.8. The van der Waals surface area contributed by atoms with Gasteiger partial charge in [-0.1, -0.05) is 19.9 Å². The van der Waals surface area contributed by atoms with Gasteiger partial charge in [-0.15, -0.1) is 12.4 Å². The summed E-state index contributed by atoms with van der Waals surface area (Å²) in [7, 11) is 3.20. The van der Waals surface area contributed by atoms with Gasteiger partial charge in [-0.25, -0.2) is 0 Å². The largest absolute Gasteiger partial charge is 0.493 e. The Hall–Kier alpha value is -2.18. The lowest BCUT2D eigenvalue weighted by Gasteiger charge is -2.26. The minimum Gasteiger partial charge on any atom is -0.493 e. The molecule has 138 valence electrons. The lowest BCUT2D eigenvalue weighted by Crippen LogP contribution is -2.36. The van der Waals surface area contributed by atoms with Gasteiger partial charge in [0.15, 0.2) is 11.5 Å². The van der Waals surface area contributed by atoms with E-state index < -0.39 is 0 Å². The summed E-state index contributed by atoms with van der Waals surface area (Å²) in [6.07, 6.45) is 1.42. The summed E-state index contributed by atoms with van der Waals surface area (Å²) in [5.74, 6) is 1.73. The van der Waals surface area contributed by atoms with Crippen molar-refractivity contribution in [3.8, 4) is 11.5 Å². The van der Waals surface area contributed by atoms with Gasteiger partial charge in [-0.3, -0.25) is 4.79 Å². The maximum absolute atomic E-state index is 12.2. The average molecular weight is 369 g/mol. The third kappa shape index (κ3) is 4.90. The number of hydrogen-bond acceptors (Lipinski definition) is 5. The molecular formula is C18H25ClN2O4. The van der Waals surface area contributed by atoms with Crippen molar-refractivity contribution in [2.75, 3.05) is 20.8 Å². The standard InChI is InChI=1S/C18H24N2O4.ClH/c1-18(2,13-5-6-15(22-3)16(8-13)23-4)11-20-17(21)12-7-14(9-19)24-10-12;/h5-8,10H,9,11,19H2,1-4H3,(H,20,21);1H. The third-order valence-corrected chi connectivity index (χ3v) is 3.97. The van der Waals surface area contributed by atoms with Gasteiger partial charge in [0.05, 0.1) is 26.3 Å². The number of amides is 1. The Morgan fingerprint density at radius 3 is 2.44 bits per heavy atom. The minimum atomic E-state index is -0.282. The molecule has 1 aromatic heterocycles. The van der Waals surface area contributed by atoms with Gasteiger partial charge in [0.25, 0.3) is 5.91 Å². The lowest BCUT2D eigenvalue weighted by atomic mass is 9.84. The summed E-state index contributed by atoms with van der Waals surface area (Å²) in [6.45, 7) is 4.83. The second-order valence-corrected chi connectivity index (χ2v) is 6.14. The first kappa shape index (κ1) is 20.9. The van der Waals surface area contributed by atoms with Gasteiger partial charge in [0.2, 0.25) is 0 Å². The molecule has 6 nitrogen and oxygen atoms in total. The zero-order valence-electron chi connectivity index (χ0n) is 14.9. The highest BCUT2D eigenvalue weighted by molar-refractivity contribution is 5.94. The van der Waals surface area contributed by atoms with Gasteiger partial charge in [0.1, 0.15) is 12.0 Å². The summed E-state index contributed by atoms with van der Waals surface area (Å²) in [5.41, 5.74) is 6.71. The predicted octanol–water partition coefficient (Wildman–Crippen LogP) is 2.88. The number of nitrogens with two attached hydrogens (primary N) is 1. The van der Waals surface area contributed by atoms with Crippen molar-refractivity contribution in [1.82, 2.24) is 5.32 Å². The number of carbonyl (C=O) groups excluding carboxylic acids is 1. The van der Waals surface area contributed by atoms with Crippen LogP contribution in [-0.2, 0) is 12.0 Å². The Labute approximate surface area is 154 Å². The van der Waals surface area contributed by atoms with Crippen molar-refractivity contribution >= 4 is 18.3 Å². The first-order chi connectivity index (χ1) is 11.4. The van der Waals surface area contributed by atoms with Crippen LogP contribution in [0.2, 0.25) is 0 Å². The molecule has 0 unspecified atom stereocenters. The average Bonchev–Trinajstić information content (AvgIpc) is 3.08. The van der Waals surface area contributed by atoms with Crippen molar-refractivity contribution in [3.05, 3.63) is 47.4 Å². The van der Waals surface area contributed by atoms with E-state index in [-0.39, 0.29) is 30.3 Å². The quantitative estimate of drug-likeness (QED) is 0.784. The van der Waals surface area contributed by atoms with Crippen LogP contribution in [0.3, 0.4) is 0 Å². The van der Waals surface area contributed by atoms with Crippen molar-refractivity contribution in [2.24, 2.45) is 5.73 Å². The van der Waals surface area contributed by atoms with Crippen LogP contribution < -0.4 is 20.5 Å². The van der Waals surface area contributed by atoms with E-state index in [1.54, 1.807) is 20.3 Å². The van der Waals surface area contributed by atoms with E-state index in [9.17, 15) is 4.79 Å². The second-order valence-electron chi connectivity index (χ2n) is 6.14. The molecule has 0 saturated heterocycles. The number of ether oxygens (including phenoxy) is 2. The molecule has 25 heavy (non-hydrogen) atoms. The third-order valence-electron chi connectivity index (χ3n) is 3.97. The summed E-state index contributed by atoms with van der Waals surface area (Å²) in [6, 6.07) is 7.41. The fourth-order valence-electron chi connectivity index (χ4n) is 2.37. The SMILES string of the molecule is COc1ccc(C(C)(C)CNC(=O)c2coc(CN)c2)cc1OC.Cl. The fraction of sp³-hybridized carbons (Fsp3) is 0.389. The molecule has 0 fully saturated rings. The van der Waals surface area contributed by atoms with Crippen molar-refractivity contribution in [1.29, 1.82) is 0 Å². The molecule has 0 spiro atoms. The number of nitrogens with one attached hydrogen (secondary N) is 1. The Morgan fingerprint density at radius 2 is 1.88 bits per heavy atom. The van der Waals surface area contributed by atoms with Crippen molar-refractivity contribution in [2.45, 2.75) is 25.8 Å². The molecule has 1 amide bonds. The van der Waals surface area contributed by atoms with Crippen LogP contribution in [0.25, 0.3) is 0 Å². The summed E-state index contributed by atoms with van der Waals surface area (Å²) >= 11 is 0. The number of methoxy groups -OCH3 is 2. The normalized spacial score (nSPS) is 10.8. The number of halogens is 1. The Morgan fingerprint density at radius 1 is 1.20 bits per heavy atom. The summed E-state index contributed by atoms with van der Waals surface area (Å²) in [5, 5.41) is 2.93. The second kappa shape index (κ2) is 8.78. The van der Waals surface area contributed by atoms with E-state index in [1.807, 2.05) is 18.2 Å². The first-order valence-electron chi connectivity index (χ1n) is 7.69. The minimum absolute atomic E-state index is 0. The number of furan rings is 1. The zero-order chi connectivity index (χ0) is 17.7. The van der Waals surface area contributed by atoms with Crippen LogP contribution in [0.1, 0.15) is 35.5 Å². The molecule has 3 N–H and O–H groups in total. The molecule has 0 radical (unpaired) electrons. The molecule has 0 aliphatic carbocycles. The molecule has 1 aromatic carbocycles. The lowest BCUT2D eigenvalue weighted by molar-refractivity contribution is 0.0945. The molecule has 0 aliphatic heterocycles. The van der Waals surface area contributed by atoms with Gasteiger partial charge in [0, 0.05) is 12.0 Å². The highest BCUT2D eigenvalue weighted by atomic mass is 35.5.